The third kappa shape index (κ3) is 2.58. The Hall–Kier alpha value is -1.62. The van der Waals surface area contributed by atoms with Crippen LogP contribution in [0.25, 0.3) is 0 Å². The quantitative estimate of drug-likeness (QED) is 0.840. The van der Waals surface area contributed by atoms with Crippen LogP contribution >= 0.6 is 0 Å². The number of likely N-dealkylation sites (tertiary alicyclic amines) is 1. The van der Waals surface area contributed by atoms with Gasteiger partial charge in [-0.1, -0.05) is 6.92 Å². The van der Waals surface area contributed by atoms with E-state index in [1.54, 1.807) is 6.92 Å². The molecule has 0 spiro atoms. The van der Waals surface area contributed by atoms with Gasteiger partial charge in [0.25, 0.3) is 5.91 Å². The van der Waals surface area contributed by atoms with Crippen LogP contribution in [0, 0.1) is 6.92 Å². The molecular weight excluding hydrogens is 278 g/mol. The van der Waals surface area contributed by atoms with Crippen LogP contribution in [0.1, 0.15) is 65.2 Å². The Morgan fingerprint density at radius 3 is 2.64 bits per heavy atom. The predicted octanol–water partition coefficient (Wildman–Crippen LogP) is 2.05. The highest BCUT2D eigenvalue weighted by atomic mass is 16.2. The Bertz CT molecular complexity index is 605. The molecule has 2 atom stereocenters. The standard InChI is InChI=1S/C17H25N3O2/c1-4-14-15(11(3)21)10(2)18-16(14)17(22)20-8-7-12-5-6-13(9-20)19-12/h12-13,18-19H,4-9H2,1-3H3. The number of Topliss-reactive ketones (excluding diaryl/α,β-unsaturated/α-hetero) is 1. The summed E-state index contributed by atoms with van der Waals surface area (Å²) in [6.45, 7) is 7.00. The average molecular weight is 303 g/mol. The molecule has 0 aromatic carbocycles. The van der Waals surface area contributed by atoms with Crippen molar-refractivity contribution >= 4 is 11.7 Å². The Labute approximate surface area is 131 Å². The SMILES string of the molecule is CCc1c(C(=O)N2CCC3CCC(C2)N3)[nH]c(C)c1C(C)=O. The van der Waals surface area contributed by atoms with E-state index in [1.807, 2.05) is 18.7 Å². The summed E-state index contributed by atoms with van der Waals surface area (Å²) >= 11 is 0. The number of aromatic amines is 1. The zero-order valence-electron chi connectivity index (χ0n) is 13.7. The smallest absolute Gasteiger partial charge is 0.270 e. The van der Waals surface area contributed by atoms with Gasteiger partial charge in [-0.3, -0.25) is 9.59 Å². The molecule has 3 rings (SSSR count). The van der Waals surface area contributed by atoms with Crippen LogP contribution in [-0.2, 0) is 6.42 Å². The van der Waals surface area contributed by atoms with Crippen molar-refractivity contribution in [1.29, 1.82) is 0 Å². The highest BCUT2D eigenvalue weighted by Crippen LogP contribution is 2.25. The van der Waals surface area contributed by atoms with Crippen LogP contribution in [-0.4, -0.2) is 46.7 Å². The van der Waals surface area contributed by atoms with Gasteiger partial charge >= 0.3 is 0 Å². The summed E-state index contributed by atoms with van der Waals surface area (Å²) in [7, 11) is 0. The number of H-pyrrole nitrogens is 1. The number of carbonyl (C=O) groups is 2. The molecule has 0 aliphatic carbocycles. The molecule has 2 N–H and O–H groups in total. The number of nitrogens with one attached hydrogen (secondary N) is 2. The van der Waals surface area contributed by atoms with E-state index in [4.69, 9.17) is 0 Å². The average Bonchev–Trinajstić information content (AvgIpc) is 2.97. The van der Waals surface area contributed by atoms with Crippen molar-refractivity contribution in [2.24, 2.45) is 0 Å². The lowest BCUT2D eigenvalue weighted by atomic mass is 10.0. The Morgan fingerprint density at radius 2 is 1.95 bits per heavy atom. The molecule has 22 heavy (non-hydrogen) atoms. The maximum absolute atomic E-state index is 13.0. The fourth-order valence-electron chi connectivity index (χ4n) is 3.98. The summed E-state index contributed by atoms with van der Waals surface area (Å²) in [4.78, 5) is 29.9. The normalized spacial score (nSPS) is 24.4. The number of hydrogen-bond donors (Lipinski definition) is 2. The number of ketones is 1. The molecule has 2 unspecified atom stereocenters. The lowest BCUT2D eigenvalue weighted by molar-refractivity contribution is 0.0741. The molecule has 0 radical (unpaired) electrons. The number of rotatable bonds is 3. The van der Waals surface area contributed by atoms with Crippen molar-refractivity contribution in [2.75, 3.05) is 13.1 Å². The van der Waals surface area contributed by atoms with Gasteiger partial charge in [0, 0.05) is 36.4 Å². The zero-order chi connectivity index (χ0) is 15.9. The molecule has 2 saturated heterocycles. The monoisotopic (exact) mass is 303 g/mol. The topological polar surface area (TPSA) is 65.2 Å². The fraction of sp³-hybridized carbons (Fsp3) is 0.647. The van der Waals surface area contributed by atoms with Gasteiger partial charge in [-0.05, 0) is 45.1 Å². The van der Waals surface area contributed by atoms with Crippen molar-refractivity contribution in [3.8, 4) is 0 Å². The second-order valence-electron chi connectivity index (χ2n) is 6.57. The van der Waals surface area contributed by atoms with E-state index >= 15 is 0 Å². The predicted molar refractivity (Wildman–Crippen MR) is 85.4 cm³/mol. The van der Waals surface area contributed by atoms with Gasteiger partial charge < -0.3 is 15.2 Å². The summed E-state index contributed by atoms with van der Waals surface area (Å²) in [5, 5.41) is 3.59. The maximum Gasteiger partial charge on any atom is 0.270 e. The van der Waals surface area contributed by atoms with Crippen molar-refractivity contribution in [3.63, 3.8) is 0 Å². The van der Waals surface area contributed by atoms with Crippen molar-refractivity contribution in [1.82, 2.24) is 15.2 Å². The van der Waals surface area contributed by atoms with Crippen LogP contribution in [0.15, 0.2) is 0 Å². The second-order valence-corrected chi connectivity index (χ2v) is 6.57. The maximum atomic E-state index is 13.0. The first-order chi connectivity index (χ1) is 10.5. The zero-order valence-corrected chi connectivity index (χ0v) is 13.7. The molecule has 2 aliphatic heterocycles. The molecule has 2 fully saturated rings. The number of aryl methyl sites for hydroxylation is 1. The summed E-state index contributed by atoms with van der Waals surface area (Å²) in [5.74, 6) is 0.0723. The Morgan fingerprint density at radius 1 is 1.23 bits per heavy atom. The second kappa shape index (κ2) is 5.88. The van der Waals surface area contributed by atoms with Gasteiger partial charge in [-0.25, -0.2) is 0 Å². The first-order valence-electron chi connectivity index (χ1n) is 8.29. The van der Waals surface area contributed by atoms with E-state index in [-0.39, 0.29) is 11.7 Å². The molecule has 5 heteroatoms. The van der Waals surface area contributed by atoms with Crippen molar-refractivity contribution < 1.29 is 9.59 Å². The van der Waals surface area contributed by atoms with Gasteiger partial charge in [-0.2, -0.15) is 0 Å². The van der Waals surface area contributed by atoms with E-state index in [2.05, 4.69) is 10.3 Å². The minimum absolute atomic E-state index is 0.0289. The van der Waals surface area contributed by atoms with Gasteiger partial charge in [0.1, 0.15) is 5.69 Å². The molecular formula is C17H25N3O2. The van der Waals surface area contributed by atoms with Crippen molar-refractivity contribution in [3.05, 3.63) is 22.5 Å². The van der Waals surface area contributed by atoms with E-state index in [9.17, 15) is 9.59 Å². The first kappa shape index (κ1) is 15.3. The fourth-order valence-corrected chi connectivity index (χ4v) is 3.98. The molecule has 1 aromatic heterocycles. The summed E-state index contributed by atoms with van der Waals surface area (Å²) < 4.78 is 0. The van der Waals surface area contributed by atoms with E-state index in [0.717, 1.165) is 37.2 Å². The van der Waals surface area contributed by atoms with E-state index < -0.39 is 0 Å². The third-order valence-electron chi connectivity index (χ3n) is 5.02. The number of amides is 1. The van der Waals surface area contributed by atoms with E-state index in [1.165, 1.54) is 6.42 Å². The van der Waals surface area contributed by atoms with E-state index in [0.29, 0.717) is 29.8 Å². The first-order valence-corrected chi connectivity index (χ1v) is 8.29. The number of aromatic nitrogens is 1. The van der Waals surface area contributed by atoms with Crippen LogP contribution < -0.4 is 5.32 Å². The largest absolute Gasteiger partial charge is 0.354 e. The Balaban J connectivity index is 1.89. The molecule has 5 nitrogen and oxygen atoms in total. The van der Waals surface area contributed by atoms with Crippen LogP contribution in [0.5, 0.6) is 0 Å². The van der Waals surface area contributed by atoms with Gasteiger partial charge in [-0.15, -0.1) is 0 Å². The van der Waals surface area contributed by atoms with Gasteiger partial charge in [0.2, 0.25) is 0 Å². The van der Waals surface area contributed by atoms with Crippen LogP contribution in [0.3, 0.4) is 0 Å². The van der Waals surface area contributed by atoms with Crippen LogP contribution in [0.4, 0.5) is 0 Å². The number of carbonyl (C=O) groups excluding carboxylic acids is 2. The number of nitrogens with zero attached hydrogens (tertiary/aromatic N) is 1. The molecule has 2 bridgehead atoms. The minimum atomic E-state index is 0.0289. The highest BCUT2D eigenvalue weighted by molar-refractivity contribution is 6.02. The van der Waals surface area contributed by atoms with Gasteiger partial charge in [0.05, 0.1) is 0 Å². The summed E-state index contributed by atoms with van der Waals surface area (Å²) in [6, 6.07) is 0.983. The third-order valence-corrected chi connectivity index (χ3v) is 5.02. The lowest BCUT2D eigenvalue weighted by Gasteiger charge is -2.24. The van der Waals surface area contributed by atoms with Gasteiger partial charge in [0.15, 0.2) is 5.78 Å². The molecule has 1 aromatic rings. The van der Waals surface area contributed by atoms with Crippen molar-refractivity contribution in [2.45, 2.75) is 58.5 Å². The van der Waals surface area contributed by atoms with Crippen LogP contribution in [0.2, 0.25) is 0 Å². The molecule has 2 aliphatic rings. The highest BCUT2D eigenvalue weighted by Gasteiger charge is 2.33. The summed E-state index contributed by atoms with van der Waals surface area (Å²) in [6.07, 6.45) is 4.09. The molecule has 0 saturated carbocycles. The summed E-state index contributed by atoms with van der Waals surface area (Å²) in [5.41, 5.74) is 2.99. The minimum Gasteiger partial charge on any atom is -0.354 e. The molecule has 1 amide bonds. The molecule has 120 valence electrons. The lowest BCUT2D eigenvalue weighted by Crippen LogP contribution is -2.39. The molecule has 3 heterocycles. The number of hydrogen-bond acceptors (Lipinski definition) is 3. The Kier molecular flexibility index (Phi) is 4.08. The number of fused-ring (bicyclic) bond motifs is 2.